The monoisotopic (exact) mass is 243 g/mol. The first-order chi connectivity index (χ1) is 8.69. The molecule has 0 unspecified atom stereocenters. The Balaban J connectivity index is 3.78. The van der Waals surface area contributed by atoms with Gasteiger partial charge in [0.25, 0.3) is 0 Å². The van der Waals surface area contributed by atoms with Gasteiger partial charge in [-0.25, -0.2) is 14.4 Å². The minimum atomic E-state index is 0.255. The zero-order valence-electron chi connectivity index (χ0n) is 9.85. The molecule has 0 saturated carbocycles. The first-order valence-corrected chi connectivity index (χ1v) is 5.09. The summed E-state index contributed by atoms with van der Waals surface area (Å²) in [7, 11) is 0. The number of carbonyl (C=O) groups excluding carboxylic acids is 3. The summed E-state index contributed by atoms with van der Waals surface area (Å²) in [6.45, 7) is 3.48. The maximum atomic E-state index is 10.4. The number of benzene rings is 1. The second-order valence-corrected chi connectivity index (χ2v) is 3.33. The molecule has 0 atom stereocenters. The number of aliphatic imine (C=N–C) groups is 3. The summed E-state index contributed by atoms with van der Waals surface area (Å²) in [6.07, 6.45) is 4.75. The summed E-state index contributed by atoms with van der Waals surface area (Å²) in [5, 5.41) is 0. The van der Waals surface area contributed by atoms with E-state index < -0.39 is 0 Å². The Labute approximate surface area is 103 Å². The molecule has 0 saturated heterocycles. The van der Waals surface area contributed by atoms with Gasteiger partial charge in [0.1, 0.15) is 0 Å². The Hall–Kier alpha value is -2.64. The molecule has 0 heterocycles. The molecule has 0 aromatic heterocycles. The first kappa shape index (κ1) is 13.4. The van der Waals surface area contributed by atoms with Crippen molar-refractivity contribution in [3.05, 3.63) is 17.2 Å². The van der Waals surface area contributed by atoms with Crippen LogP contribution in [-0.4, -0.2) is 18.2 Å². The second kappa shape index (κ2) is 6.18. The van der Waals surface area contributed by atoms with Gasteiger partial charge in [0.15, 0.2) is 0 Å². The van der Waals surface area contributed by atoms with Gasteiger partial charge in [0.2, 0.25) is 18.2 Å². The minimum absolute atomic E-state index is 0.255. The van der Waals surface area contributed by atoms with Crippen molar-refractivity contribution in [1.29, 1.82) is 0 Å². The molecule has 1 aromatic rings. The molecule has 6 heteroatoms. The van der Waals surface area contributed by atoms with Crippen molar-refractivity contribution in [2.75, 3.05) is 0 Å². The summed E-state index contributed by atoms with van der Waals surface area (Å²) >= 11 is 0. The third kappa shape index (κ3) is 2.54. The molecule has 90 valence electrons. The average molecular weight is 243 g/mol. The third-order valence-electron chi connectivity index (χ3n) is 2.45. The normalized spacial score (nSPS) is 8.78. The molecule has 0 fully saturated rings. The Morgan fingerprint density at radius 3 is 2.06 bits per heavy atom. The molecule has 1 rings (SSSR count). The van der Waals surface area contributed by atoms with E-state index in [0.717, 1.165) is 0 Å². The molecule has 0 aliphatic carbocycles. The Bertz CT molecular complexity index is 618. The molecular weight excluding hydrogens is 234 g/mol. The molecule has 0 radical (unpaired) electrons. The van der Waals surface area contributed by atoms with E-state index in [4.69, 9.17) is 0 Å². The van der Waals surface area contributed by atoms with Crippen molar-refractivity contribution in [2.45, 2.75) is 20.3 Å². The number of rotatable bonds is 4. The quantitative estimate of drug-likeness (QED) is 0.601. The highest BCUT2D eigenvalue weighted by Gasteiger charge is 2.14. The van der Waals surface area contributed by atoms with Crippen LogP contribution in [-0.2, 0) is 20.8 Å². The number of hydrogen-bond acceptors (Lipinski definition) is 6. The highest BCUT2D eigenvalue weighted by Crippen LogP contribution is 2.38. The van der Waals surface area contributed by atoms with E-state index in [1.54, 1.807) is 6.92 Å². The topological polar surface area (TPSA) is 88.3 Å². The summed E-state index contributed by atoms with van der Waals surface area (Å²) in [6, 6.07) is 1.45. The van der Waals surface area contributed by atoms with E-state index in [2.05, 4.69) is 15.0 Å². The maximum Gasteiger partial charge on any atom is 0.240 e. The second-order valence-electron chi connectivity index (χ2n) is 3.33. The van der Waals surface area contributed by atoms with Crippen LogP contribution >= 0.6 is 0 Å². The van der Waals surface area contributed by atoms with Crippen LogP contribution in [0.2, 0.25) is 0 Å². The predicted molar refractivity (Wildman–Crippen MR) is 63.9 cm³/mol. The molecule has 0 spiro atoms. The fourth-order valence-corrected chi connectivity index (χ4v) is 1.65. The van der Waals surface area contributed by atoms with E-state index in [1.807, 2.05) is 6.92 Å². The fourth-order valence-electron chi connectivity index (χ4n) is 1.65. The molecule has 0 N–H and O–H groups in total. The first-order valence-electron chi connectivity index (χ1n) is 5.09. The smallest absolute Gasteiger partial charge is 0.211 e. The van der Waals surface area contributed by atoms with Crippen molar-refractivity contribution >= 4 is 35.3 Å². The van der Waals surface area contributed by atoms with Crippen LogP contribution in [0.5, 0.6) is 0 Å². The van der Waals surface area contributed by atoms with Crippen molar-refractivity contribution in [1.82, 2.24) is 0 Å². The van der Waals surface area contributed by atoms with Crippen LogP contribution in [0.1, 0.15) is 18.1 Å². The summed E-state index contributed by atoms with van der Waals surface area (Å²) in [5.41, 5.74) is 1.98. The summed E-state index contributed by atoms with van der Waals surface area (Å²) < 4.78 is 0. The zero-order valence-corrected chi connectivity index (χ0v) is 9.85. The van der Waals surface area contributed by atoms with Gasteiger partial charge in [0, 0.05) is 11.1 Å². The lowest BCUT2D eigenvalue weighted by atomic mass is 10.0. The highest BCUT2D eigenvalue weighted by atomic mass is 16.1. The predicted octanol–water partition coefficient (Wildman–Crippen LogP) is 2.46. The highest BCUT2D eigenvalue weighted by molar-refractivity contribution is 5.76. The number of nitrogens with zero attached hydrogens (tertiary/aromatic N) is 3. The van der Waals surface area contributed by atoms with Crippen molar-refractivity contribution in [2.24, 2.45) is 15.0 Å². The van der Waals surface area contributed by atoms with Crippen LogP contribution in [0, 0.1) is 6.92 Å². The average Bonchev–Trinajstić information content (AvgIpc) is 2.36. The van der Waals surface area contributed by atoms with Crippen LogP contribution < -0.4 is 0 Å². The van der Waals surface area contributed by atoms with Crippen LogP contribution in [0.15, 0.2) is 21.0 Å². The minimum Gasteiger partial charge on any atom is -0.211 e. The Morgan fingerprint density at radius 2 is 1.56 bits per heavy atom. The van der Waals surface area contributed by atoms with Gasteiger partial charge >= 0.3 is 0 Å². The van der Waals surface area contributed by atoms with Gasteiger partial charge < -0.3 is 0 Å². The Morgan fingerprint density at radius 1 is 1.00 bits per heavy atom. The lowest BCUT2D eigenvalue weighted by Crippen LogP contribution is -1.88. The number of hydrogen-bond donors (Lipinski definition) is 0. The van der Waals surface area contributed by atoms with Gasteiger partial charge in [-0.2, -0.15) is 15.0 Å². The standard InChI is InChI=1S/C12H9N3O3/c1-3-9-11(14-6-17)4-10(13-5-16)8(2)12(9)15-7-18/h4H,3H2,1-2H3. The molecule has 0 aliphatic heterocycles. The zero-order chi connectivity index (χ0) is 13.5. The summed E-state index contributed by atoms with van der Waals surface area (Å²) in [4.78, 5) is 41.7. The van der Waals surface area contributed by atoms with E-state index in [9.17, 15) is 14.4 Å². The molecule has 0 amide bonds. The molecule has 18 heavy (non-hydrogen) atoms. The molecule has 1 aromatic carbocycles. The molecular formula is C12H9N3O3. The van der Waals surface area contributed by atoms with E-state index in [-0.39, 0.29) is 11.4 Å². The van der Waals surface area contributed by atoms with Crippen LogP contribution in [0.25, 0.3) is 0 Å². The fraction of sp³-hybridized carbons (Fsp3) is 0.250. The third-order valence-corrected chi connectivity index (χ3v) is 2.45. The van der Waals surface area contributed by atoms with Crippen LogP contribution in [0.3, 0.4) is 0 Å². The van der Waals surface area contributed by atoms with Crippen molar-refractivity contribution < 1.29 is 14.4 Å². The maximum absolute atomic E-state index is 10.4. The lowest BCUT2D eigenvalue weighted by molar-refractivity contribution is 0.564. The van der Waals surface area contributed by atoms with E-state index in [0.29, 0.717) is 23.2 Å². The van der Waals surface area contributed by atoms with E-state index >= 15 is 0 Å². The van der Waals surface area contributed by atoms with Crippen LogP contribution in [0.4, 0.5) is 17.1 Å². The summed E-state index contributed by atoms with van der Waals surface area (Å²) in [5.74, 6) is 0. The number of isocyanates is 3. The largest absolute Gasteiger partial charge is 0.240 e. The molecule has 0 aliphatic rings. The molecule has 0 bridgehead atoms. The lowest BCUT2D eigenvalue weighted by Gasteiger charge is -2.10. The van der Waals surface area contributed by atoms with Crippen molar-refractivity contribution in [3.8, 4) is 0 Å². The van der Waals surface area contributed by atoms with Gasteiger partial charge in [-0.3, -0.25) is 0 Å². The Kier molecular flexibility index (Phi) is 4.61. The van der Waals surface area contributed by atoms with Crippen molar-refractivity contribution in [3.63, 3.8) is 0 Å². The van der Waals surface area contributed by atoms with E-state index in [1.165, 1.54) is 24.3 Å². The van der Waals surface area contributed by atoms with Gasteiger partial charge in [0.05, 0.1) is 17.1 Å². The van der Waals surface area contributed by atoms with Gasteiger partial charge in [-0.15, -0.1) is 0 Å². The van der Waals surface area contributed by atoms with Gasteiger partial charge in [-0.1, -0.05) is 6.92 Å². The molecule has 6 nitrogen and oxygen atoms in total. The van der Waals surface area contributed by atoms with Gasteiger partial charge in [-0.05, 0) is 19.4 Å². The SMILES string of the molecule is CCc1c(N=C=O)cc(N=C=O)c(C)c1N=C=O.